The van der Waals surface area contributed by atoms with Crippen LogP contribution in [0.25, 0.3) is 0 Å². The van der Waals surface area contributed by atoms with Crippen molar-refractivity contribution in [3.05, 3.63) is 34.1 Å². The van der Waals surface area contributed by atoms with E-state index in [1.165, 1.54) is 12.1 Å². The van der Waals surface area contributed by atoms with Gasteiger partial charge in [-0.05, 0) is 31.5 Å². The van der Waals surface area contributed by atoms with Gasteiger partial charge in [-0.3, -0.25) is 0 Å². The van der Waals surface area contributed by atoms with Crippen LogP contribution in [0, 0.1) is 18.2 Å². The lowest BCUT2D eigenvalue weighted by atomic mass is 9.86. The Morgan fingerprint density at radius 2 is 2.08 bits per heavy atom. The van der Waals surface area contributed by atoms with Crippen LogP contribution in [0.3, 0.4) is 0 Å². The van der Waals surface area contributed by atoms with Gasteiger partial charge in [-0.25, -0.2) is 4.39 Å². The molecule has 0 unspecified atom stereocenters. The van der Waals surface area contributed by atoms with E-state index in [2.05, 4.69) is 21.9 Å². The summed E-state index contributed by atoms with van der Waals surface area (Å²) in [6.07, 6.45) is 5.38. The molecule has 0 nitrogen and oxygen atoms in total. The molecule has 1 rings (SSSR count). The molecule has 2 heteroatoms. The van der Waals surface area contributed by atoms with Gasteiger partial charge in [-0.2, -0.15) is 0 Å². The zero-order valence-electron chi connectivity index (χ0n) is 7.57. The largest absolute Gasteiger partial charge is 0.207 e. The first-order valence-corrected chi connectivity index (χ1v) is 4.70. The minimum atomic E-state index is -0.369. The molecule has 68 valence electrons. The molecule has 1 aromatic rings. The van der Waals surface area contributed by atoms with Crippen molar-refractivity contribution in [3.8, 4) is 12.3 Å². The highest BCUT2D eigenvalue weighted by atomic mass is 79.9. The maximum Gasteiger partial charge on any atom is 0.124 e. The Morgan fingerprint density at radius 1 is 1.46 bits per heavy atom. The monoisotopic (exact) mass is 240 g/mol. The van der Waals surface area contributed by atoms with Crippen molar-refractivity contribution in [1.82, 2.24) is 0 Å². The fourth-order valence-electron chi connectivity index (χ4n) is 1.07. The van der Waals surface area contributed by atoms with E-state index in [1.54, 1.807) is 6.07 Å². The molecule has 0 aliphatic carbocycles. The van der Waals surface area contributed by atoms with Crippen molar-refractivity contribution in [2.75, 3.05) is 0 Å². The van der Waals surface area contributed by atoms with Crippen molar-refractivity contribution in [3.63, 3.8) is 0 Å². The maximum absolute atomic E-state index is 12.8. The quantitative estimate of drug-likeness (QED) is 0.660. The first kappa shape index (κ1) is 10.3. The molecule has 13 heavy (non-hydrogen) atoms. The maximum atomic E-state index is 12.8. The highest BCUT2D eigenvalue weighted by Crippen LogP contribution is 2.29. The van der Waals surface area contributed by atoms with Crippen molar-refractivity contribution < 1.29 is 4.39 Å². The molecule has 0 aliphatic heterocycles. The van der Waals surface area contributed by atoms with Gasteiger partial charge in [-0.15, -0.1) is 6.42 Å². The Kier molecular flexibility index (Phi) is 2.77. The molecule has 0 saturated heterocycles. The van der Waals surface area contributed by atoms with Crippen LogP contribution in [0.2, 0.25) is 0 Å². The predicted molar refractivity (Wildman–Crippen MR) is 56.0 cm³/mol. The molecular weight excluding hydrogens is 231 g/mol. The van der Waals surface area contributed by atoms with Crippen LogP contribution in [0.15, 0.2) is 22.7 Å². The first-order chi connectivity index (χ1) is 5.97. The van der Waals surface area contributed by atoms with Crippen LogP contribution >= 0.6 is 15.9 Å². The third-order valence-electron chi connectivity index (χ3n) is 1.97. The van der Waals surface area contributed by atoms with Gasteiger partial charge in [0.05, 0.1) is 5.41 Å². The summed E-state index contributed by atoms with van der Waals surface area (Å²) in [5, 5.41) is 0. The summed E-state index contributed by atoms with van der Waals surface area (Å²) in [7, 11) is 0. The molecule has 0 saturated carbocycles. The Balaban J connectivity index is 3.26. The minimum absolute atomic E-state index is 0.261. The van der Waals surface area contributed by atoms with Gasteiger partial charge >= 0.3 is 0 Å². The summed E-state index contributed by atoms with van der Waals surface area (Å²) in [4.78, 5) is 0. The molecule has 0 N–H and O–H groups in total. The Hall–Kier alpha value is -0.810. The second kappa shape index (κ2) is 3.51. The zero-order valence-corrected chi connectivity index (χ0v) is 9.15. The van der Waals surface area contributed by atoms with Gasteiger partial charge < -0.3 is 0 Å². The van der Waals surface area contributed by atoms with Crippen molar-refractivity contribution >= 4 is 15.9 Å². The highest BCUT2D eigenvalue weighted by Gasteiger charge is 2.19. The Morgan fingerprint density at radius 3 is 2.54 bits per heavy atom. The van der Waals surface area contributed by atoms with E-state index in [9.17, 15) is 4.39 Å². The lowest BCUT2D eigenvalue weighted by Gasteiger charge is -2.19. The molecular formula is C11H10BrF. The lowest BCUT2D eigenvalue weighted by molar-refractivity contribution is 0.620. The molecule has 0 heterocycles. The fraction of sp³-hybridized carbons (Fsp3) is 0.273. The third-order valence-corrected chi connectivity index (χ3v) is 2.62. The summed E-state index contributed by atoms with van der Waals surface area (Å²) in [6.45, 7) is 3.84. The molecule has 0 bridgehead atoms. The summed E-state index contributed by atoms with van der Waals surface area (Å²) < 4.78 is 13.5. The van der Waals surface area contributed by atoms with Crippen LogP contribution in [0.4, 0.5) is 4.39 Å². The van der Waals surface area contributed by atoms with Crippen molar-refractivity contribution in [1.29, 1.82) is 0 Å². The second-order valence-electron chi connectivity index (χ2n) is 3.39. The van der Waals surface area contributed by atoms with E-state index >= 15 is 0 Å². The van der Waals surface area contributed by atoms with Crippen LogP contribution in [-0.2, 0) is 5.41 Å². The van der Waals surface area contributed by atoms with Crippen LogP contribution < -0.4 is 0 Å². The lowest BCUT2D eigenvalue weighted by Crippen LogP contribution is -2.14. The van der Waals surface area contributed by atoms with Crippen LogP contribution in [-0.4, -0.2) is 0 Å². The number of benzene rings is 1. The summed E-state index contributed by atoms with van der Waals surface area (Å²) in [6, 6.07) is 4.55. The SMILES string of the molecule is C#CC(C)(C)c1ccc(F)cc1Br. The minimum Gasteiger partial charge on any atom is -0.207 e. The van der Waals surface area contributed by atoms with E-state index in [0.717, 1.165) is 10.0 Å². The van der Waals surface area contributed by atoms with Gasteiger partial charge in [0.25, 0.3) is 0 Å². The smallest absolute Gasteiger partial charge is 0.124 e. The van der Waals surface area contributed by atoms with Gasteiger partial charge in [0.1, 0.15) is 5.82 Å². The zero-order chi connectivity index (χ0) is 10.1. The third kappa shape index (κ3) is 2.10. The number of hydrogen-bond donors (Lipinski definition) is 0. The van der Waals surface area contributed by atoms with Crippen LogP contribution in [0.5, 0.6) is 0 Å². The van der Waals surface area contributed by atoms with E-state index in [0.29, 0.717) is 0 Å². The van der Waals surface area contributed by atoms with Gasteiger partial charge in [0.2, 0.25) is 0 Å². The first-order valence-electron chi connectivity index (χ1n) is 3.90. The van der Waals surface area contributed by atoms with Gasteiger partial charge in [0, 0.05) is 4.47 Å². The van der Waals surface area contributed by atoms with Crippen molar-refractivity contribution in [2.45, 2.75) is 19.3 Å². The number of halogens is 2. The number of terminal acetylenes is 1. The predicted octanol–water partition coefficient (Wildman–Crippen LogP) is 3.50. The van der Waals surface area contributed by atoms with Gasteiger partial charge in [0.15, 0.2) is 0 Å². The molecule has 0 radical (unpaired) electrons. The topological polar surface area (TPSA) is 0 Å². The van der Waals surface area contributed by atoms with Gasteiger partial charge in [-0.1, -0.05) is 27.9 Å². The highest BCUT2D eigenvalue weighted by molar-refractivity contribution is 9.10. The molecule has 1 aromatic carbocycles. The summed E-state index contributed by atoms with van der Waals surface area (Å²) >= 11 is 3.29. The molecule has 0 atom stereocenters. The molecule has 0 fully saturated rings. The average molecular weight is 241 g/mol. The van der Waals surface area contributed by atoms with Crippen LogP contribution in [0.1, 0.15) is 19.4 Å². The standard InChI is InChI=1S/C11H10BrF/c1-4-11(2,3)9-6-5-8(13)7-10(9)12/h1,5-7H,2-3H3. The van der Waals surface area contributed by atoms with E-state index in [-0.39, 0.29) is 11.2 Å². The molecule has 0 amide bonds. The Bertz CT molecular complexity index is 361. The summed E-state index contributed by atoms with van der Waals surface area (Å²) in [5.74, 6) is 2.40. The molecule has 0 spiro atoms. The van der Waals surface area contributed by atoms with E-state index < -0.39 is 0 Å². The molecule has 0 aliphatic rings. The normalized spacial score (nSPS) is 11.0. The Labute approximate surface area is 86.3 Å². The summed E-state index contributed by atoms with van der Waals surface area (Å²) in [5.41, 5.74) is 0.559. The van der Waals surface area contributed by atoms with Crippen molar-refractivity contribution in [2.24, 2.45) is 0 Å². The average Bonchev–Trinajstić information content (AvgIpc) is 2.03. The number of rotatable bonds is 1. The number of hydrogen-bond acceptors (Lipinski definition) is 0. The van der Waals surface area contributed by atoms with E-state index in [4.69, 9.17) is 6.42 Å². The molecule has 0 aromatic heterocycles. The fourth-order valence-corrected chi connectivity index (χ4v) is 1.92. The second-order valence-corrected chi connectivity index (χ2v) is 4.25. The van der Waals surface area contributed by atoms with E-state index in [1.807, 2.05) is 13.8 Å².